The van der Waals surface area contributed by atoms with Crippen molar-refractivity contribution in [1.29, 1.82) is 0 Å². The number of amides is 1. The first kappa shape index (κ1) is 19.8. The molecule has 1 heterocycles. The minimum Gasteiger partial charge on any atom is -0.357 e. The zero-order valence-electron chi connectivity index (χ0n) is 14.3. The number of nitrogens with one attached hydrogen (secondary N) is 2. The molecule has 1 fully saturated rings. The van der Waals surface area contributed by atoms with Gasteiger partial charge in [-0.3, -0.25) is 14.9 Å². The number of hydrogen-bond donors (Lipinski definition) is 2. The van der Waals surface area contributed by atoms with Gasteiger partial charge in [-0.15, -0.1) is 10.2 Å². The van der Waals surface area contributed by atoms with Gasteiger partial charge >= 0.3 is 0 Å². The van der Waals surface area contributed by atoms with Crippen molar-refractivity contribution in [1.82, 2.24) is 10.2 Å². The Morgan fingerprint density at radius 2 is 2.11 bits per heavy atom. The van der Waals surface area contributed by atoms with E-state index in [4.69, 9.17) is 11.6 Å². The highest BCUT2D eigenvalue weighted by Gasteiger charge is 2.16. The summed E-state index contributed by atoms with van der Waals surface area (Å²) in [6.45, 7) is 0. The second kappa shape index (κ2) is 9.34. The van der Waals surface area contributed by atoms with Gasteiger partial charge in [-0.2, -0.15) is 0 Å². The number of rotatable bonds is 7. The Hall–Kier alpha value is -1.91. The first-order valence-corrected chi connectivity index (χ1v) is 10.7. The Morgan fingerprint density at radius 1 is 1.33 bits per heavy atom. The summed E-state index contributed by atoms with van der Waals surface area (Å²) < 4.78 is 0.700. The first-order valence-electron chi connectivity index (χ1n) is 8.48. The Kier molecular flexibility index (Phi) is 6.86. The number of halogens is 1. The number of carbonyl (C=O) groups is 1. The van der Waals surface area contributed by atoms with Crippen LogP contribution in [0.15, 0.2) is 22.5 Å². The maximum absolute atomic E-state index is 12.1. The second-order valence-corrected chi connectivity index (χ2v) is 8.72. The monoisotopic (exact) mass is 427 g/mol. The molecule has 11 heteroatoms. The molecule has 0 saturated heterocycles. The average Bonchev–Trinajstić information content (AvgIpc) is 3.09. The zero-order chi connectivity index (χ0) is 19.2. The van der Waals surface area contributed by atoms with E-state index in [-0.39, 0.29) is 22.4 Å². The van der Waals surface area contributed by atoms with Crippen LogP contribution in [0.2, 0.25) is 5.02 Å². The van der Waals surface area contributed by atoms with Gasteiger partial charge in [0.1, 0.15) is 5.02 Å². The number of hydrogen-bond acceptors (Lipinski definition) is 8. The van der Waals surface area contributed by atoms with E-state index in [1.165, 1.54) is 60.6 Å². The number of carbonyl (C=O) groups excluding carboxylic acids is 1. The molecule has 0 spiro atoms. The lowest BCUT2D eigenvalue weighted by Gasteiger charge is -2.21. The van der Waals surface area contributed by atoms with E-state index >= 15 is 0 Å². The molecule has 0 atom stereocenters. The molecule has 1 saturated carbocycles. The molecule has 1 amide bonds. The van der Waals surface area contributed by atoms with Crippen LogP contribution in [0, 0.1) is 10.1 Å². The van der Waals surface area contributed by atoms with Crippen LogP contribution in [0.3, 0.4) is 0 Å². The van der Waals surface area contributed by atoms with Crippen LogP contribution in [0.5, 0.6) is 0 Å². The zero-order valence-corrected chi connectivity index (χ0v) is 16.7. The quantitative estimate of drug-likeness (QED) is 0.378. The summed E-state index contributed by atoms with van der Waals surface area (Å²) >= 11 is 8.47. The number of aromatic nitrogens is 2. The summed E-state index contributed by atoms with van der Waals surface area (Å²) in [6, 6.07) is 4.60. The molecule has 8 nitrogen and oxygen atoms in total. The Labute approximate surface area is 169 Å². The Balaban J connectivity index is 1.49. The number of nitro benzene ring substituents is 1. The predicted molar refractivity (Wildman–Crippen MR) is 108 cm³/mol. The van der Waals surface area contributed by atoms with Crippen molar-refractivity contribution in [3.63, 3.8) is 0 Å². The van der Waals surface area contributed by atoms with Crippen molar-refractivity contribution in [2.24, 2.45) is 0 Å². The highest BCUT2D eigenvalue weighted by atomic mass is 35.5. The molecule has 1 aliphatic rings. The number of thioether (sulfide) groups is 1. The van der Waals surface area contributed by atoms with E-state index in [2.05, 4.69) is 20.8 Å². The molecule has 2 N–H and O–H groups in total. The average molecular weight is 428 g/mol. The van der Waals surface area contributed by atoms with Crippen LogP contribution in [0.4, 0.5) is 16.5 Å². The summed E-state index contributed by atoms with van der Waals surface area (Å²) in [4.78, 5) is 22.4. The number of benzene rings is 1. The fourth-order valence-electron chi connectivity index (χ4n) is 2.80. The lowest BCUT2D eigenvalue weighted by molar-refractivity contribution is -0.384. The molecule has 3 rings (SSSR count). The van der Waals surface area contributed by atoms with E-state index in [1.807, 2.05) is 0 Å². The van der Waals surface area contributed by atoms with E-state index in [1.54, 1.807) is 0 Å². The minimum absolute atomic E-state index is 0.0271. The minimum atomic E-state index is -0.588. The lowest BCUT2D eigenvalue weighted by atomic mass is 9.96. The molecule has 1 aromatic carbocycles. The highest BCUT2D eigenvalue weighted by Crippen LogP contribution is 2.29. The van der Waals surface area contributed by atoms with Crippen molar-refractivity contribution in [3.8, 4) is 0 Å². The molecular formula is C16H18ClN5O3S2. The van der Waals surface area contributed by atoms with Crippen molar-refractivity contribution in [2.45, 2.75) is 42.5 Å². The fraction of sp³-hybridized carbons (Fsp3) is 0.438. The first-order chi connectivity index (χ1) is 13.0. The van der Waals surface area contributed by atoms with Crippen LogP contribution < -0.4 is 10.6 Å². The SMILES string of the molecule is O=C(CSc1nnc(NC2CCCCC2)s1)Nc1ccc(Cl)c([N+](=O)[O-])c1. The summed E-state index contributed by atoms with van der Waals surface area (Å²) in [5.41, 5.74) is 0.0818. The third-order valence-electron chi connectivity index (χ3n) is 4.09. The van der Waals surface area contributed by atoms with E-state index < -0.39 is 4.92 Å². The van der Waals surface area contributed by atoms with Crippen molar-refractivity contribution in [2.75, 3.05) is 16.4 Å². The van der Waals surface area contributed by atoms with Gasteiger partial charge in [-0.05, 0) is 25.0 Å². The van der Waals surface area contributed by atoms with Gasteiger partial charge in [0.15, 0.2) is 4.34 Å². The van der Waals surface area contributed by atoms with Crippen molar-refractivity contribution in [3.05, 3.63) is 33.3 Å². The number of nitro groups is 1. The van der Waals surface area contributed by atoms with Crippen LogP contribution in [-0.4, -0.2) is 32.8 Å². The van der Waals surface area contributed by atoms with Gasteiger partial charge in [0.2, 0.25) is 11.0 Å². The van der Waals surface area contributed by atoms with E-state index in [0.29, 0.717) is 16.1 Å². The molecule has 144 valence electrons. The Bertz CT molecular complexity index is 826. The lowest BCUT2D eigenvalue weighted by Crippen LogP contribution is -2.21. The second-order valence-electron chi connectivity index (χ2n) is 6.11. The van der Waals surface area contributed by atoms with Crippen molar-refractivity contribution < 1.29 is 9.72 Å². The predicted octanol–water partition coefficient (Wildman–Crippen LogP) is 4.58. The standard InChI is InChI=1S/C16H18ClN5O3S2/c17-12-7-6-11(8-13(12)22(24)25)18-14(23)9-26-16-21-20-15(27-16)19-10-4-2-1-3-5-10/h6-8,10H,1-5,9H2,(H,18,23)(H,19,20). The van der Waals surface area contributed by atoms with Gasteiger partial charge in [0.05, 0.1) is 10.7 Å². The molecular weight excluding hydrogens is 410 g/mol. The Morgan fingerprint density at radius 3 is 2.85 bits per heavy atom. The molecule has 1 aromatic heterocycles. The molecule has 2 aromatic rings. The van der Waals surface area contributed by atoms with Gasteiger partial charge < -0.3 is 10.6 Å². The summed E-state index contributed by atoms with van der Waals surface area (Å²) in [5, 5.41) is 26.0. The van der Waals surface area contributed by atoms with Crippen LogP contribution in [0.25, 0.3) is 0 Å². The summed E-state index contributed by atoms with van der Waals surface area (Å²) in [6.07, 6.45) is 6.07. The third kappa shape index (κ3) is 5.78. The highest BCUT2D eigenvalue weighted by molar-refractivity contribution is 8.01. The maximum atomic E-state index is 12.1. The third-order valence-corrected chi connectivity index (χ3v) is 6.40. The number of nitrogens with zero attached hydrogens (tertiary/aromatic N) is 3. The van der Waals surface area contributed by atoms with Gasteiger partial charge in [0, 0.05) is 17.8 Å². The molecule has 0 unspecified atom stereocenters. The molecule has 27 heavy (non-hydrogen) atoms. The normalized spacial score (nSPS) is 14.7. The molecule has 1 aliphatic carbocycles. The van der Waals surface area contributed by atoms with Gasteiger partial charge in [0.25, 0.3) is 5.69 Å². The van der Waals surface area contributed by atoms with Gasteiger partial charge in [-0.25, -0.2) is 0 Å². The van der Waals surface area contributed by atoms with E-state index in [9.17, 15) is 14.9 Å². The summed E-state index contributed by atoms with van der Waals surface area (Å²) in [5.74, 6) is -0.150. The smallest absolute Gasteiger partial charge is 0.289 e. The molecule has 0 bridgehead atoms. The van der Waals surface area contributed by atoms with Crippen LogP contribution >= 0.6 is 34.7 Å². The summed E-state index contributed by atoms with van der Waals surface area (Å²) in [7, 11) is 0. The van der Waals surface area contributed by atoms with Crippen LogP contribution in [0.1, 0.15) is 32.1 Å². The topological polar surface area (TPSA) is 110 Å². The molecule has 0 aliphatic heterocycles. The van der Waals surface area contributed by atoms with Crippen LogP contribution in [-0.2, 0) is 4.79 Å². The fourth-order valence-corrected chi connectivity index (χ4v) is 4.62. The van der Waals surface area contributed by atoms with E-state index in [0.717, 1.165) is 18.0 Å². The number of anilines is 2. The molecule has 0 radical (unpaired) electrons. The van der Waals surface area contributed by atoms with Gasteiger partial charge in [-0.1, -0.05) is 54.0 Å². The largest absolute Gasteiger partial charge is 0.357 e. The van der Waals surface area contributed by atoms with Crippen molar-refractivity contribution >= 4 is 57.1 Å². The maximum Gasteiger partial charge on any atom is 0.289 e.